The molecule has 2 heterocycles. The maximum absolute atomic E-state index is 9.95. The minimum Gasteiger partial charge on any atom is -0.309 e. The molecule has 2 aromatic heterocycles. The fourth-order valence-corrected chi connectivity index (χ4v) is 5.52. The SMILES string of the molecule is N#Cc1ccc(-n2c3ccccc3c3c4c5ccccc5n(-c5ccccc5)c4ccc32)c(C#N)c1. The van der Waals surface area contributed by atoms with Crippen molar-refractivity contribution in [3.8, 4) is 23.5 Å². The van der Waals surface area contributed by atoms with Crippen LogP contribution in [-0.4, -0.2) is 9.13 Å². The van der Waals surface area contributed by atoms with Crippen LogP contribution in [-0.2, 0) is 0 Å². The Labute approximate surface area is 207 Å². The predicted molar refractivity (Wildman–Crippen MR) is 145 cm³/mol. The van der Waals surface area contributed by atoms with Gasteiger partial charge >= 0.3 is 0 Å². The Morgan fingerprint density at radius 1 is 0.500 bits per heavy atom. The van der Waals surface area contributed by atoms with Crippen molar-refractivity contribution in [2.75, 3.05) is 0 Å². The van der Waals surface area contributed by atoms with E-state index in [1.165, 1.54) is 10.8 Å². The molecule has 7 rings (SSSR count). The molecule has 4 nitrogen and oxygen atoms in total. The Balaban J connectivity index is 1.70. The van der Waals surface area contributed by atoms with Gasteiger partial charge in [-0.25, -0.2) is 0 Å². The van der Waals surface area contributed by atoms with Crippen molar-refractivity contribution in [1.82, 2.24) is 9.13 Å². The van der Waals surface area contributed by atoms with E-state index in [4.69, 9.17) is 0 Å². The summed E-state index contributed by atoms with van der Waals surface area (Å²) in [5.41, 5.74) is 7.18. The number of nitrogens with zero attached hydrogens (tertiary/aromatic N) is 4. The van der Waals surface area contributed by atoms with E-state index in [0.717, 1.165) is 44.2 Å². The summed E-state index contributed by atoms with van der Waals surface area (Å²) in [6.07, 6.45) is 0. The average molecular weight is 459 g/mol. The third-order valence-corrected chi connectivity index (χ3v) is 6.97. The lowest BCUT2D eigenvalue weighted by atomic mass is 10.1. The van der Waals surface area contributed by atoms with Gasteiger partial charge in [-0.05, 0) is 54.6 Å². The number of aromatic nitrogens is 2. The molecule has 0 bridgehead atoms. The smallest absolute Gasteiger partial charge is 0.101 e. The molecule has 0 spiro atoms. The van der Waals surface area contributed by atoms with Crippen LogP contribution in [0.2, 0.25) is 0 Å². The topological polar surface area (TPSA) is 57.4 Å². The Morgan fingerprint density at radius 2 is 1.08 bits per heavy atom. The molecule has 0 saturated carbocycles. The van der Waals surface area contributed by atoms with Crippen molar-refractivity contribution in [1.29, 1.82) is 10.5 Å². The molecule has 7 aromatic rings. The molecule has 0 unspecified atom stereocenters. The second kappa shape index (κ2) is 7.60. The van der Waals surface area contributed by atoms with Gasteiger partial charge in [-0.1, -0.05) is 54.6 Å². The lowest BCUT2D eigenvalue weighted by molar-refractivity contribution is 1.16. The predicted octanol–water partition coefficient (Wildman–Crippen LogP) is 7.62. The fraction of sp³-hybridized carbons (Fsp3) is 0. The van der Waals surface area contributed by atoms with Gasteiger partial charge in [0, 0.05) is 27.2 Å². The third-order valence-electron chi connectivity index (χ3n) is 6.97. The zero-order valence-electron chi connectivity index (χ0n) is 19.2. The molecular weight excluding hydrogens is 440 g/mol. The minimum absolute atomic E-state index is 0.475. The molecule has 4 heteroatoms. The summed E-state index contributed by atoms with van der Waals surface area (Å²) >= 11 is 0. The largest absolute Gasteiger partial charge is 0.309 e. The lowest BCUT2D eigenvalue weighted by Crippen LogP contribution is -1.98. The Hall–Kier alpha value is -5.32. The molecule has 0 amide bonds. The lowest BCUT2D eigenvalue weighted by Gasteiger charge is -2.10. The average Bonchev–Trinajstić information content (AvgIpc) is 3.46. The molecule has 0 atom stereocenters. The van der Waals surface area contributed by atoms with Crippen LogP contribution in [0.5, 0.6) is 0 Å². The number of rotatable bonds is 2. The van der Waals surface area contributed by atoms with Gasteiger partial charge in [0.25, 0.3) is 0 Å². The first-order valence-electron chi connectivity index (χ1n) is 11.8. The monoisotopic (exact) mass is 458 g/mol. The van der Waals surface area contributed by atoms with Crippen LogP contribution >= 0.6 is 0 Å². The first-order valence-corrected chi connectivity index (χ1v) is 11.8. The van der Waals surface area contributed by atoms with E-state index in [9.17, 15) is 10.5 Å². The first-order chi connectivity index (χ1) is 17.8. The molecule has 0 aliphatic rings. The van der Waals surface area contributed by atoms with Gasteiger partial charge in [-0.2, -0.15) is 10.5 Å². The van der Waals surface area contributed by atoms with Gasteiger partial charge < -0.3 is 9.13 Å². The highest BCUT2D eigenvalue weighted by Crippen LogP contribution is 2.42. The van der Waals surface area contributed by atoms with Crippen molar-refractivity contribution in [3.63, 3.8) is 0 Å². The van der Waals surface area contributed by atoms with E-state index in [2.05, 4.69) is 100 Å². The summed E-state index contributed by atoms with van der Waals surface area (Å²) in [6, 6.07) is 41.4. The van der Waals surface area contributed by atoms with Crippen molar-refractivity contribution in [2.24, 2.45) is 0 Å². The quantitative estimate of drug-likeness (QED) is 0.267. The Bertz CT molecular complexity index is 2060. The second-order valence-electron chi connectivity index (χ2n) is 8.85. The van der Waals surface area contributed by atoms with Crippen molar-refractivity contribution < 1.29 is 0 Å². The van der Waals surface area contributed by atoms with Gasteiger partial charge in [0.05, 0.1) is 45.0 Å². The van der Waals surface area contributed by atoms with Crippen LogP contribution in [0.1, 0.15) is 11.1 Å². The van der Waals surface area contributed by atoms with E-state index in [1.54, 1.807) is 12.1 Å². The summed E-state index contributed by atoms with van der Waals surface area (Å²) in [6.45, 7) is 0. The van der Waals surface area contributed by atoms with E-state index in [1.807, 2.05) is 18.2 Å². The minimum atomic E-state index is 0.475. The maximum Gasteiger partial charge on any atom is 0.101 e. The van der Waals surface area contributed by atoms with E-state index in [-0.39, 0.29) is 0 Å². The number of hydrogen-bond donors (Lipinski definition) is 0. The van der Waals surface area contributed by atoms with Gasteiger partial charge in [0.1, 0.15) is 6.07 Å². The first kappa shape index (κ1) is 20.1. The highest BCUT2D eigenvalue weighted by Gasteiger charge is 2.21. The summed E-state index contributed by atoms with van der Waals surface area (Å²) in [4.78, 5) is 0. The van der Waals surface area contributed by atoms with Crippen molar-refractivity contribution in [3.05, 3.63) is 120 Å². The normalized spacial score (nSPS) is 11.3. The van der Waals surface area contributed by atoms with Gasteiger partial charge in [-0.3, -0.25) is 0 Å². The molecule has 0 radical (unpaired) electrons. The summed E-state index contributed by atoms with van der Waals surface area (Å²) < 4.78 is 4.47. The molecule has 0 saturated heterocycles. The molecule has 36 heavy (non-hydrogen) atoms. The Morgan fingerprint density at radius 3 is 1.72 bits per heavy atom. The van der Waals surface area contributed by atoms with Crippen molar-refractivity contribution >= 4 is 43.6 Å². The van der Waals surface area contributed by atoms with Crippen molar-refractivity contribution in [2.45, 2.75) is 0 Å². The molecule has 5 aromatic carbocycles. The van der Waals surface area contributed by atoms with E-state index < -0.39 is 0 Å². The molecule has 0 aliphatic carbocycles. The van der Waals surface area contributed by atoms with E-state index in [0.29, 0.717) is 11.1 Å². The molecule has 0 aliphatic heterocycles. The van der Waals surface area contributed by atoms with Gasteiger partial charge in [0.15, 0.2) is 0 Å². The van der Waals surface area contributed by atoms with Crippen LogP contribution in [0.25, 0.3) is 55.0 Å². The van der Waals surface area contributed by atoms with Crippen LogP contribution in [0.4, 0.5) is 0 Å². The van der Waals surface area contributed by atoms with Crippen LogP contribution in [0, 0.1) is 22.7 Å². The van der Waals surface area contributed by atoms with Crippen LogP contribution in [0.15, 0.2) is 109 Å². The second-order valence-corrected chi connectivity index (χ2v) is 8.85. The van der Waals surface area contributed by atoms with Gasteiger partial charge in [-0.15, -0.1) is 0 Å². The van der Waals surface area contributed by atoms with Gasteiger partial charge in [0.2, 0.25) is 0 Å². The molecular formula is C32H18N4. The molecule has 0 fully saturated rings. The van der Waals surface area contributed by atoms with Crippen LogP contribution in [0.3, 0.4) is 0 Å². The number of fused-ring (bicyclic) bond motifs is 7. The number of para-hydroxylation sites is 3. The highest BCUT2D eigenvalue weighted by atomic mass is 15.0. The van der Waals surface area contributed by atoms with E-state index >= 15 is 0 Å². The fourth-order valence-electron chi connectivity index (χ4n) is 5.52. The number of hydrogen-bond acceptors (Lipinski definition) is 2. The summed E-state index contributed by atoms with van der Waals surface area (Å²) in [5, 5.41) is 24.0. The number of benzene rings is 5. The zero-order chi connectivity index (χ0) is 24.2. The molecule has 166 valence electrons. The summed E-state index contributed by atoms with van der Waals surface area (Å²) in [7, 11) is 0. The zero-order valence-corrected chi connectivity index (χ0v) is 19.2. The Kier molecular flexibility index (Phi) is 4.24. The number of nitriles is 2. The maximum atomic E-state index is 9.95. The highest BCUT2D eigenvalue weighted by molar-refractivity contribution is 6.28. The summed E-state index contributed by atoms with van der Waals surface area (Å²) in [5.74, 6) is 0. The van der Waals surface area contributed by atoms with Crippen LogP contribution < -0.4 is 0 Å². The molecule has 0 N–H and O–H groups in total. The third kappa shape index (κ3) is 2.67. The standard InChI is InChI=1S/C32H18N4/c33-19-21-14-15-26(22(18-21)20-34)36-28-13-7-5-11-25(28)32-30(36)17-16-29-31(32)24-10-4-6-12-27(24)35(29)23-8-2-1-3-9-23/h1-18H.